The first-order valence-electron chi connectivity index (χ1n) is 6.84. The van der Waals surface area contributed by atoms with Crippen LogP contribution in [0.5, 0.6) is 0 Å². The highest BCUT2D eigenvalue weighted by Gasteiger charge is 2.21. The Hall–Kier alpha value is -2.18. The average molecular weight is 274 g/mol. The molecule has 3 heterocycles. The van der Waals surface area contributed by atoms with Crippen molar-refractivity contribution >= 4 is 22.9 Å². The molecule has 1 aliphatic heterocycles. The van der Waals surface area contributed by atoms with Gasteiger partial charge in [0.2, 0.25) is 5.91 Å². The van der Waals surface area contributed by atoms with Gasteiger partial charge in [0.15, 0.2) is 11.5 Å². The van der Waals surface area contributed by atoms with E-state index in [9.17, 15) is 4.79 Å². The van der Waals surface area contributed by atoms with Gasteiger partial charge in [0.1, 0.15) is 18.4 Å². The molecule has 0 atom stereocenters. The van der Waals surface area contributed by atoms with Crippen LogP contribution in [0.1, 0.15) is 19.8 Å². The number of nitrogens with zero attached hydrogens (tertiary/aromatic N) is 5. The van der Waals surface area contributed by atoms with E-state index in [0.717, 1.165) is 25.9 Å². The number of carbonyl (C=O) groups excluding carboxylic acids is 1. The lowest BCUT2D eigenvalue weighted by molar-refractivity contribution is -0.133. The number of hydrogen-bond donors (Lipinski definition) is 1. The predicted molar refractivity (Wildman–Crippen MR) is 74.7 cm³/mol. The van der Waals surface area contributed by atoms with Crippen LogP contribution in [0.15, 0.2) is 12.7 Å². The van der Waals surface area contributed by atoms with E-state index in [4.69, 9.17) is 5.73 Å². The Labute approximate surface area is 116 Å². The number of hydrogen-bond acceptors (Lipinski definition) is 5. The third-order valence-corrected chi connectivity index (χ3v) is 3.87. The quantitative estimate of drug-likeness (QED) is 0.869. The molecule has 0 spiro atoms. The van der Waals surface area contributed by atoms with Gasteiger partial charge >= 0.3 is 0 Å². The summed E-state index contributed by atoms with van der Waals surface area (Å²) < 4.78 is 1.73. The largest absolute Gasteiger partial charge is 0.382 e. The summed E-state index contributed by atoms with van der Waals surface area (Å²) in [5, 5.41) is 0. The highest BCUT2D eigenvalue weighted by atomic mass is 16.2. The zero-order valence-electron chi connectivity index (χ0n) is 11.5. The number of aromatic nitrogens is 4. The molecule has 1 fully saturated rings. The van der Waals surface area contributed by atoms with E-state index in [1.807, 2.05) is 4.90 Å². The normalized spacial score (nSPS) is 16.8. The molecule has 20 heavy (non-hydrogen) atoms. The lowest BCUT2D eigenvalue weighted by Gasteiger charge is -2.30. The molecule has 7 nitrogen and oxygen atoms in total. The first-order chi connectivity index (χ1) is 9.65. The second kappa shape index (κ2) is 5.07. The summed E-state index contributed by atoms with van der Waals surface area (Å²) in [6.07, 6.45) is 5.14. The highest BCUT2D eigenvalue weighted by molar-refractivity contribution is 5.83. The topological polar surface area (TPSA) is 89.9 Å². The molecule has 2 aromatic rings. The molecule has 2 aromatic heterocycles. The van der Waals surface area contributed by atoms with Crippen LogP contribution in [0, 0.1) is 5.92 Å². The Morgan fingerprint density at radius 2 is 2.10 bits per heavy atom. The molecule has 7 heteroatoms. The van der Waals surface area contributed by atoms with Gasteiger partial charge in [-0.15, -0.1) is 0 Å². The predicted octanol–water partition coefficient (Wildman–Crippen LogP) is 0.667. The van der Waals surface area contributed by atoms with Crippen molar-refractivity contribution in [3.63, 3.8) is 0 Å². The number of fused-ring (bicyclic) bond motifs is 1. The molecular weight excluding hydrogens is 256 g/mol. The minimum atomic E-state index is 0.105. The molecule has 2 N–H and O–H groups in total. The maximum Gasteiger partial charge on any atom is 0.242 e. The van der Waals surface area contributed by atoms with Crippen LogP contribution in [0.2, 0.25) is 0 Å². The fourth-order valence-electron chi connectivity index (χ4n) is 2.52. The summed E-state index contributed by atoms with van der Waals surface area (Å²) in [6.45, 7) is 4.15. The zero-order chi connectivity index (χ0) is 14.1. The molecule has 0 aliphatic carbocycles. The average Bonchev–Trinajstić information content (AvgIpc) is 2.84. The van der Waals surface area contributed by atoms with Crippen LogP contribution in [0.25, 0.3) is 11.2 Å². The van der Waals surface area contributed by atoms with Crippen molar-refractivity contribution in [2.75, 3.05) is 18.8 Å². The smallest absolute Gasteiger partial charge is 0.242 e. The highest BCUT2D eigenvalue weighted by Crippen LogP contribution is 2.18. The number of carbonyl (C=O) groups is 1. The van der Waals surface area contributed by atoms with E-state index in [1.54, 1.807) is 10.9 Å². The van der Waals surface area contributed by atoms with Crippen molar-refractivity contribution in [2.24, 2.45) is 5.92 Å². The van der Waals surface area contributed by atoms with Crippen molar-refractivity contribution in [2.45, 2.75) is 26.3 Å². The third kappa shape index (κ3) is 2.31. The first-order valence-corrected chi connectivity index (χ1v) is 6.84. The summed E-state index contributed by atoms with van der Waals surface area (Å²) in [6, 6.07) is 0. The van der Waals surface area contributed by atoms with Crippen LogP contribution < -0.4 is 5.73 Å². The number of anilines is 1. The van der Waals surface area contributed by atoms with Gasteiger partial charge in [0.05, 0.1) is 6.33 Å². The first kappa shape index (κ1) is 12.8. The standard InChI is InChI=1S/C13H18N6O/c1-9-2-4-18(5-3-9)10(20)6-19-8-17-11-12(14)15-7-16-13(11)19/h7-9H,2-6H2,1H3,(H2,14,15,16). The Bertz CT molecular complexity index is 629. The van der Waals surface area contributed by atoms with E-state index in [1.165, 1.54) is 6.33 Å². The van der Waals surface area contributed by atoms with E-state index >= 15 is 0 Å². The molecule has 0 aromatic carbocycles. The summed E-state index contributed by atoms with van der Waals surface area (Å²) in [7, 11) is 0. The van der Waals surface area contributed by atoms with E-state index in [-0.39, 0.29) is 12.5 Å². The Morgan fingerprint density at radius 3 is 2.85 bits per heavy atom. The summed E-state index contributed by atoms with van der Waals surface area (Å²) in [5.41, 5.74) is 6.89. The molecule has 1 amide bonds. The summed E-state index contributed by atoms with van der Waals surface area (Å²) in [5.74, 6) is 1.15. The van der Waals surface area contributed by atoms with Gasteiger partial charge in [0, 0.05) is 13.1 Å². The molecule has 1 saturated heterocycles. The van der Waals surface area contributed by atoms with Crippen molar-refractivity contribution in [3.05, 3.63) is 12.7 Å². The molecule has 0 bridgehead atoms. The number of imidazole rings is 1. The van der Waals surface area contributed by atoms with Gasteiger partial charge in [-0.1, -0.05) is 6.92 Å². The van der Waals surface area contributed by atoms with Crippen molar-refractivity contribution in [1.29, 1.82) is 0 Å². The maximum atomic E-state index is 12.3. The van der Waals surface area contributed by atoms with Crippen LogP contribution >= 0.6 is 0 Å². The van der Waals surface area contributed by atoms with Gasteiger partial charge in [-0.2, -0.15) is 0 Å². The van der Waals surface area contributed by atoms with E-state index in [0.29, 0.717) is 22.9 Å². The molecular formula is C13H18N6O. The minimum absolute atomic E-state index is 0.105. The van der Waals surface area contributed by atoms with Crippen molar-refractivity contribution < 1.29 is 4.79 Å². The van der Waals surface area contributed by atoms with Gasteiger partial charge in [-0.05, 0) is 18.8 Å². The SMILES string of the molecule is CC1CCN(C(=O)Cn2cnc3c(N)ncnc32)CC1. The molecule has 0 radical (unpaired) electrons. The molecule has 106 valence electrons. The molecule has 3 rings (SSSR count). The lowest BCUT2D eigenvalue weighted by atomic mass is 9.99. The Morgan fingerprint density at radius 1 is 1.35 bits per heavy atom. The van der Waals surface area contributed by atoms with Gasteiger partial charge in [-0.3, -0.25) is 4.79 Å². The van der Waals surface area contributed by atoms with Gasteiger partial charge in [0.25, 0.3) is 0 Å². The van der Waals surface area contributed by atoms with Crippen LogP contribution in [0.3, 0.4) is 0 Å². The summed E-state index contributed by atoms with van der Waals surface area (Å²) >= 11 is 0. The zero-order valence-corrected chi connectivity index (χ0v) is 11.5. The number of nitrogen functional groups attached to an aromatic ring is 1. The fraction of sp³-hybridized carbons (Fsp3) is 0.538. The maximum absolute atomic E-state index is 12.3. The van der Waals surface area contributed by atoms with Crippen LogP contribution in [-0.2, 0) is 11.3 Å². The van der Waals surface area contributed by atoms with Crippen molar-refractivity contribution in [1.82, 2.24) is 24.4 Å². The third-order valence-electron chi connectivity index (χ3n) is 3.87. The van der Waals surface area contributed by atoms with E-state index in [2.05, 4.69) is 21.9 Å². The monoisotopic (exact) mass is 274 g/mol. The number of nitrogens with two attached hydrogens (primary N) is 1. The molecule has 0 saturated carbocycles. The van der Waals surface area contributed by atoms with Crippen LogP contribution in [0.4, 0.5) is 5.82 Å². The van der Waals surface area contributed by atoms with Gasteiger partial charge in [-0.25, -0.2) is 15.0 Å². The number of likely N-dealkylation sites (tertiary alicyclic amines) is 1. The van der Waals surface area contributed by atoms with Crippen LogP contribution in [-0.4, -0.2) is 43.4 Å². The second-order valence-corrected chi connectivity index (χ2v) is 5.37. The minimum Gasteiger partial charge on any atom is -0.382 e. The van der Waals surface area contributed by atoms with E-state index < -0.39 is 0 Å². The Kier molecular flexibility index (Phi) is 3.25. The van der Waals surface area contributed by atoms with Crippen molar-refractivity contribution in [3.8, 4) is 0 Å². The summed E-state index contributed by atoms with van der Waals surface area (Å²) in [4.78, 5) is 26.4. The van der Waals surface area contributed by atoms with Gasteiger partial charge < -0.3 is 15.2 Å². The fourth-order valence-corrected chi connectivity index (χ4v) is 2.52. The molecule has 0 unspecified atom stereocenters. The second-order valence-electron chi connectivity index (χ2n) is 5.37. The molecule has 1 aliphatic rings. The Balaban J connectivity index is 1.76. The lowest BCUT2D eigenvalue weighted by Crippen LogP contribution is -2.39. The number of amides is 1. The number of piperidine rings is 1. The number of rotatable bonds is 2.